The molecule has 0 unspecified atom stereocenters. The third kappa shape index (κ3) is 2.84. The highest BCUT2D eigenvalue weighted by atomic mass is 32.2. The summed E-state index contributed by atoms with van der Waals surface area (Å²) in [6, 6.07) is 1.88. The number of thiophene rings is 1. The SMILES string of the molecule is Cc1nnc(SCc2ccsc2C(=O)NN)o1. The number of carbonyl (C=O) groups is 1. The Morgan fingerprint density at radius 2 is 2.47 bits per heavy atom. The monoisotopic (exact) mass is 270 g/mol. The van der Waals surface area contributed by atoms with E-state index in [0.29, 0.717) is 21.7 Å². The van der Waals surface area contributed by atoms with Gasteiger partial charge in [0.2, 0.25) is 5.89 Å². The zero-order valence-electron chi connectivity index (χ0n) is 8.97. The lowest BCUT2D eigenvalue weighted by Gasteiger charge is -2.00. The number of nitrogens with one attached hydrogen (secondary N) is 1. The van der Waals surface area contributed by atoms with Crippen LogP contribution in [0, 0.1) is 6.92 Å². The van der Waals surface area contributed by atoms with Crippen molar-refractivity contribution < 1.29 is 9.21 Å². The number of aromatic nitrogens is 2. The summed E-state index contributed by atoms with van der Waals surface area (Å²) < 4.78 is 5.23. The molecule has 0 aliphatic heterocycles. The Morgan fingerprint density at radius 3 is 3.12 bits per heavy atom. The van der Waals surface area contributed by atoms with Crippen molar-refractivity contribution in [1.82, 2.24) is 15.6 Å². The molecule has 3 N–H and O–H groups in total. The lowest BCUT2D eigenvalue weighted by Crippen LogP contribution is -2.29. The number of rotatable bonds is 4. The molecule has 1 amide bonds. The van der Waals surface area contributed by atoms with Crippen molar-refractivity contribution in [2.24, 2.45) is 5.84 Å². The Hall–Kier alpha value is -1.38. The zero-order chi connectivity index (χ0) is 12.3. The summed E-state index contributed by atoms with van der Waals surface area (Å²) in [5.41, 5.74) is 3.02. The van der Waals surface area contributed by atoms with Crippen molar-refractivity contribution in [2.45, 2.75) is 17.9 Å². The molecule has 2 heterocycles. The summed E-state index contributed by atoms with van der Waals surface area (Å²) in [5, 5.41) is 9.93. The molecular formula is C9H10N4O2S2. The Balaban J connectivity index is 2.04. The van der Waals surface area contributed by atoms with Gasteiger partial charge in [-0.2, -0.15) is 0 Å². The van der Waals surface area contributed by atoms with Crippen molar-refractivity contribution in [1.29, 1.82) is 0 Å². The Kier molecular flexibility index (Phi) is 3.77. The maximum Gasteiger partial charge on any atom is 0.276 e. The zero-order valence-corrected chi connectivity index (χ0v) is 10.6. The van der Waals surface area contributed by atoms with Crippen LogP contribution in [0.2, 0.25) is 0 Å². The molecule has 2 aromatic rings. The topological polar surface area (TPSA) is 94.0 Å². The smallest absolute Gasteiger partial charge is 0.276 e. The van der Waals surface area contributed by atoms with Gasteiger partial charge in [0, 0.05) is 12.7 Å². The van der Waals surface area contributed by atoms with Crippen molar-refractivity contribution in [2.75, 3.05) is 0 Å². The summed E-state index contributed by atoms with van der Waals surface area (Å²) >= 11 is 2.74. The highest BCUT2D eigenvalue weighted by Crippen LogP contribution is 2.26. The maximum absolute atomic E-state index is 11.4. The number of nitrogen functional groups attached to an aromatic ring is 1. The first kappa shape index (κ1) is 12.1. The molecule has 0 saturated heterocycles. The van der Waals surface area contributed by atoms with Crippen LogP contribution < -0.4 is 11.3 Å². The van der Waals surface area contributed by atoms with Crippen molar-refractivity contribution in [3.63, 3.8) is 0 Å². The van der Waals surface area contributed by atoms with Gasteiger partial charge in [-0.3, -0.25) is 10.2 Å². The van der Waals surface area contributed by atoms with Gasteiger partial charge in [0.1, 0.15) is 0 Å². The van der Waals surface area contributed by atoms with Gasteiger partial charge in [0.05, 0.1) is 4.88 Å². The van der Waals surface area contributed by atoms with Crippen LogP contribution in [0.3, 0.4) is 0 Å². The molecule has 17 heavy (non-hydrogen) atoms. The molecule has 0 aromatic carbocycles. The number of thioether (sulfide) groups is 1. The summed E-state index contributed by atoms with van der Waals surface area (Å²) in [6.45, 7) is 1.73. The van der Waals surface area contributed by atoms with E-state index in [2.05, 4.69) is 15.6 Å². The molecule has 2 rings (SSSR count). The van der Waals surface area contributed by atoms with Gasteiger partial charge in [-0.25, -0.2) is 5.84 Å². The molecule has 2 aromatic heterocycles. The Labute approximate surface area is 106 Å². The molecule has 0 bridgehead atoms. The first-order valence-electron chi connectivity index (χ1n) is 4.71. The average molecular weight is 270 g/mol. The minimum atomic E-state index is -0.280. The number of hydrogen-bond acceptors (Lipinski definition) is 7. The van der Waals surface area contributed by atoms with Crippen molar-refractivity contribution >= 4 is 29.0 Å². The van der Waals surface area contributed by atoms with Crippen LogP contribution in [0.25, 0.3) is 0 Å². The minimum Gasteiger partial charge on any atom is -0.416 e. The predicted octanol–water partition coefficient (Wildman–Crippen LogP) is 1.34. The molecule has 6 nitrogen and oxygen atoms in total. The van der Waals surface area contributed by atoms with Gasteiger partial charge < -0.3 is 4.42 Å². The van der Waals surface area contributed by atoms with Crippen LogP contribution in [0.15, 0.2) is 21.1 Å². The number of amides is 1. The van der Waals surface area contributed by atoms with E-state index in [4.69, 9.17) is 10.3 Å². The average Bonchev–Trinajstić information content (AvgIpc) is 2.94. The van der Waals surface area contributed by atoms with E-state index in [1.165, 1.54) is 23.1 Å². The van der Waals surface area contributed by atoms with E-state index in [0.717, 1.165) is 5.56 Å². The van der Waals surface area contributed by atoms with Crippen molar-refractivity contribution in [3.05, 3.63) is 27.8 Å². The quantitative estimate of drug-likeness (QED) is 0.377. The molecule has 90 valence electrons. The van der Waals surface area contributed by atoms with Crippen molar-refractivity contribution in [3.8, 4) is 0 Å². The van der Waals surface area contributed by atoms with E-state index in [-0.39, 0.29) is 5.91 Å². The Morgan fingerprint density at radius 1 is 1.65 bits per heavy atom. The Bertz CT molecular complexity index is 523. The summed E-state index contributed by atoms with van der Waals surface area (Å²) in [7, 11) is 0. The molecule has 0 atom stereocenters. The molecule has 0 saturated carbocycles. The van der Waals surface area contributed by atoms with E-state index in [9.17, 15) is 4.79 Å². The minimum absolute atomic E-state index is 0.280. The first-order valence-corrected chi connectivity index (χ1v) is 6.57. The first-order chi connectivity index (χ1) is 8.20. The van der Waals surface area contributed by atoms with Crippen LogP contribution in [-0.2, 0) is 5.75 Å². The highest BCUT2D eigenvalue weighted by molar-refractivity contribution is 7.98. The van der Waals surface area contributed by atoms with E-state index in [1.807, 2.05) is 11.4 Å². The lowest BCUT2D eigenvalue weighted by atomic mass is 10.3. The fourth-order valence-corrected chi connectivity index (χ4v) is 2.91. The van der Waals surface area contributed by atoms with Gasteiger partial charge in [-0.05, 0) is 17.0 Å². The fraction of sp³-hybridized carbons (Fsp3) is 0.222. The normalized spacial score (nSPS) is 10.5. The van der Waals surface area contributed by atoms with Crippen LogP contribution in [0.1, 0.15) is 21.1 Å². The van der Waals surface area contributed by atoms with Crippen LogP contribution >= 0.6 is 23.1 Å². The number of hydrogen-bond donors (Lipinski definition) is 2. The number of hydrazine groups is 1. The third-order valence-corrected chi connectivity index (χ3v) is 3.77. The van der Waals surface area contributed by atoms with Gasteiger partial charge in [0.25, 0.3) is 11.1 Å². The predicted molar refractivity (Wildman–Crippen MR) is 64.6 cm³/mol. The maximum atomic E-state index is 11.4. The molecule has 0 radical (unpaired) electrons. The molecule has 0 spiro atoms. The summed E-state index contributed by atoms with van der Waals surface area (Å²) in [6.07, 6.45) is 0. The second-order valence-electron chi connectivity index (χ2n) is 3.12. The second-order valence-corrected chi connectivity index (χ2v) is 4.97. The van der Waals surface area contributed by atoms with Crippen LogP contribution in [0.5, 0.6) is 0 Å². The van der Waals surface area contributed by atoms with Gasteiger partial charge in [-0.1, -0.05) is 11.8 Å². The molecule has 0 aliphatic rings. The molecule has 0 fully saturated rings. The second kappa shape index (κ2) is 5.30. The molecule has 0 aliphatic carbocycles. The van der Waals surface area contributed by atoms with Gasteiger partial charge in [-0.15, -0.1) is 21.5 Å². The largest absolute Gasteiger partial charge is 0.416 e. The van der Waals surface area contributed by atoms with Crippen LogP contribution in [0.4, 0.5) is 0 Å². The molecule has 8 heteroatoms. The molecular weight excluding hydrogens is 260 g/mol. The third-order valence-electron chi connectivity index (χ3n) is 1.94. The number of carbonyl (C=O) groups excluding carboxylic acids is 1. The van der Waals surface area contributed by atoms with Crippen LogP contribution in [-0.4, -0.2) is 16.1 Å². The lowest BCUT2D eigenvalue weighted by molar-refractivity contribution is 0.0957. The highest BCUT2D eigenvalue weighted by Gasteiger charge is 2.13. The van der Waals surface area contributed by atoms with Gasteiger partial charge >= 0.3 is 0 Å². The van der Waals surface area contributed by atoms with E-state index >= 15 is 0 Å². The summed E-state index contributed by atoms with van der Waals surface area (Å²) in [4.78, 5) is 12.0. The van der Waals surface area contributed by atoms with E-state index in [1.54, 1.807) is 6.92 Å². The standard InChI is InChI=1S/C9H10N4O2S2/c1-5-12-13-9(15-5)17-4-6-2-3-16-7(6)8(14)11-10/h2-3H,4,10H2,1H3,(H,11,14). The van der Waals surface area contributed by atoms with E-state index < -0.39 is 0 Å². The van der Waals surface area contributed by atoms with Gasteiger partial charge in [0.15, 0.2) is 0 Å². The number of nitrogens with zero attached hydrogens (tertiary/aromatic N) is 2. The number of aryl methyl sites for hydroxylation is 1. The fourth-order valence-electron chi connectivity index (χ4n) is 1.19. The summed E-state index contributed by atoms with van der Waals surface area (Å²) in [5.74, 6) is 5.94. The number of nitrogens with two attached hydrogens (primary N) is 1.